The fourth-order valence-electron chi connectivity index (χ4n) is 2.45. The smallest absolute Gasteiger partial charge is 0.227 e. The number of rotatable bonds is 7. The lowest BCUT2D eigenvalue weighted by atomic mass is 10.1. The molecule has 0 radical (unpaired) electrons. The van der Waals surface area contributed by atoms with Gasteiger partial charge in [-0.3, -0.25) is 4.79 Å². The maximum atomic E-state index is 12.0. The molecule has 0 bridgehead atoms. The Morgan fingerprint density at radius 1 is 1.50 bits per heavy atom. The molecule has 24 heavy (non-hydrogen) atoms. The van der Waals surface area contributed by atoms with E-state index < -0.39 is 0 Å². The van der Waals surface area contributed by atoms with Gasteiger partial charge in [0.15, 0.2) is 5.96 Å². The largest absolute Gasteiger partial charge is 0.376 e. The van der Waals surface area contributed by atoms with Crippen molar-refractivity contribution >= 4 is 17.6 Å². The minimum absolute atomic E-state index is 0.00401. The molecule has 132 valence electrons. The van der Waals surface area contributed by atoms with Crippen molar-refractivity contribution in [3.63, 3.8) is 0 Å². The highest BCUT2D eigenvalue weighted by Gasteiger charge is 2.15. The zero-order valence-electron chi connectivity index (χ0n) is 14.5. The highest BCUT2D eigenvalue weighted by molar-refractivity contribution is 5.92. The number of aliphatic imine (C=N–C) groups is 1. The van der Waals surface area contributed by atoms with Gasteiger partial charge in [-0.15, -0.1) is 0 Å². The van der Waals surface area contributed by atoms with E-state index in [1.165, 1.54) is 0 Å². The van der Waals surface area contributed by atoms with Gasteiger partial charge in [-0.05, 0) is 37.0 Å². The van der Waals surface area contributed by atoms with Crippen molar-refractivity contribution in [3.8, 4) is 0 Å². The molecule has 1 heterocycles. The fourth-order valence-corrected chi connectivity index (χ4v) is 2.45. The zero-order chi connectivity index (χ0) is 17.4. The number of hydrogen-bond donors (Lipinski definition) is 3. The SMILES string of the molecule is CCC(C)C(=O)Nc1cccc(CN=C(N)NCC2CCCO2)c1. The Bertz CT molecular complexity index is 568. The first-order valence-corrected chi connectivity index (χ1v) is 8.63. The molecular formula is C18H28N4O2. The van der Waals surface area contributed by atoms with Crippen LogP contribution < -0.4 is 16.4 Å². The summed E-state index contributed by atoms with van der Waals surface area (Å²) in [6, 6.07) is 7.69. The zero-order valence-corrected chi connectivity index (χ0v) is 14.5. The van der Waals surface area contributed by atoms with E-state index in [0.717, 1.165) is 37.1 Å². The summed E-state index contributed by atoms with van der Waals surface area (Å²) in [6.07, 6.45) is 3.23. The average Bonchev–Trinajstić information content (AvgIpc) is 3.11. The van der Waals surface area contributed by atoms with Gasteiger partial charge in [0.25, 0.3) is 0 Å². The number of amides is 1. The summed E-state index contributed by atoms with van der Waals surface area (Å²) in [5.41, 5.74) is 7.68. The Hall–Kier alpha value is -2.08. The number of benzene rings is 1. The summed E-state index contributed by atoms with van der Waals surface area (Å²) in [4.78, 5) is 16.3. The van der Waals surface area contributed by atoms with E-state index in [2.05, 4.69) is 15.6 Å². The van der Waals surface area contributed by atoms with Gasteiger partial charge >= 0.3 is 0 Å². The van der Waals surface area contributed by atoms with Gasteiger partial charge in [0.2, 0.25) is 5.91 Å². The van der Waals surface area contributed by atoms with Crippen molar-refractivity contribution in [2.75, 3.05) is 18.5 Å². The standard InChI is InChI=1S/C18H28N4O2/c1-3-13(2)17(23)22-15-7-4-6-14(10-15)11-20-18(19)21-12-16-8-5-9-24-16/h4,6-7,10,13,16H,3,5,8-9,11-12H2,1-2H3,(H,22,23)(H3,19,20,21). The van der Waals surface area contributed by atoms with Crippen LogP contribution in [0.3, 0.4) is 0 Å². The number of nitrogens with one attached hydrogen (secondary N) is 2. The molecule has 1 aromatic rings. The van der Waals surface area contributed by atoms with E-state index in [9.17, 15) is 4.79 Å². The van der Waals surface area contributed by atoms with Crippen LogP contribution in [0.5, 0.6) is 0 Å². The van der Waals surface area contributed by atoms with E-state index in [4.69, 9.17) is 10.5 Å². The quantitative estimate of drug-likeness (QED) is 0.528. The summed E-state index contributed by atoms with van der Waals surface area (Å²) in [5, 5.41) is 6.03. The van der Waals surface area contributed by atoms with Gasteiger partial charge in [-0.25, -0.2) is 4.99 Å². The average molecular weight is 332 g/mol. The molecular weight excluding hydrogens is 304 g/mol. The van der Waals surface area contributed by atoms with Crippen LogP contribution in [-0.2, 0) is 16.1 Å². The van der Waals surface area contributed by atoms with Crippen LogP contribution in [0.1, 0.15) is 38.7 Å². The van der Waals surface area contributed by atoms with E-state index in [0.29, 0.717) is 19.0 Å². The number of ether oxygens (including phenoxy) is 1. The third-order valence-electron chi connectivity index (χ3n) is 4.22. The summed E-state index contributed by atoms with van der Waals surface area (Å²) in [5.74, 6) is 0.458. The summed E-state index contributed by atoms with van der Waals surface area (Å²) >= 11 is 0. The second-order valence-corrected chi connectivity index (χ2v) is 6.22. The molecule has 6 heteroatoms. The van der Waals surface area contributed by atoms with Crippen LogP contribution in [0.2, 0.25) is 0 Å². The molecule has 0 aliphatic carbocycles. The molecule has 0 spiro atoms. The van der Waals surface area contributed by atoms with Gasteiger partial charge in [0.05, 0.1) is 12.6 Å². The lowest BCUT2D eigenvalue weighted by molar-refractivity contribution is -0.119. The summed E-state index contributed by atoms with van der Waals surface area (Å²) in [6.45, 7) is 5.92. The lowest BCUT2D eigenvalue weighted by Crippen LogP contribution is -2.37. The van der Waals surface area contributed by atoms with Crippen LogP contribution in [0.25, 0.3) is 0 Å². The minimum atomic E-state index is 0.00401. The van der Waals surface area contributed by atoms with Crippen molar-refractivity contribution in [1.29, 1.82) is 0 Å². The van der Waals surface area contributed by atoms with Gasteiger partial charge in [-0.1, -0.05) is 26.0 Å². The van der Waals surface area contributed by atoms with Gasteiger partial charge < -0.3 is 21.1 Å². The van der Waals surface area contributed by atoms with Crippen molar-refractivity contribution in [2.45, 2.75) is 45.8 Å². The predicted molar refractivity (Wildman–Crippen MR) is 96.8 cm³/mol. The van der Waals surface area contributed by atoms with E-state index in [1.807, 2.05) is 38.1 Å². The van der Waals surface area contributed by atoms with Crippen molar-refractivity contribution in [3.05, 3.63) is 29.8 Å². The molecule has 2 unspecified atom stereocenters. The lowest BCUT2D eigenvalue weighted by Gasteiger charge is -2.12. The van der Waals surface area contributed by atoms with Gasteiger partial charge in [0, 0.05) is 24.8 Å². The molecule has 0 saturated carbocycles. The fraction of sp³-hybridized carbons (Fsp3) is 0.556. The second-order valence-electron chi connectivity index (χ2n) is 6.22. The normalized spacial score (nSPS) is 19.1. The number of anilines is 1. The Morgan fingerprint density at radius 3 is 3.04 bits per heavy atom. The molecule has 1 aliphatic rings. The third-order valence-corrected chi connectivity index (χ3v) is 4.22. The molecule has 2 atom stereocenters. The predicted octanol–water partition coefficient (Wildman–Crippen LogP) is 2.25. The molecule has 2 rings (SSSR count). The molecule has 1 saturated heterocycles. The Balaban J connectivity index is 1.84. The molecule has 1 amide bonds. The maximum absolute atomic E-state index is 12.0. The number of carbonyl (C=O) groups excluding carboxylic acids is 1. The van der Waals surface area contributed by atoms with E-state index in [-0.39, 0.29) is 17.9 Å². The second kappa shape index (κ2) is 9.27. The highest BCUT2D eigenvalue weighted by atomic mass is 16.5. The molecule has 1 fully saturated rings. The molecule has 1 aromatic carbocycles. The summed E-state index contributed by atoms with van der Waals surface area (Å²) in [7, 11) is 0. The van der Waals surface area contributed by atoms with Crippen LogP contribution in [0.4, 0.5) is 5.69 Å². The van der Waals surface area contributed by atoms with Crippen molar-refractivity contribution in [2.24, 2.45) is 16.6 Å². The first kappa shape index (κ1) is 18.3. The first-order chi connectivity index (χ1) is 11.6. The van der Waals surface area contributed by atoms with Crippen LogP contribution in [0, 0.1) is 5.92 Å². The number of nitrogens with zero attached hydrogens (tertiary/aromatic N) is 1. The Labute approximate surface area is 143 Å². The van der Waals surface area contributed by atoms with Gasteiger partial charge in [0.1, 0.15) is 0 Å². The number of carbonyl (C=O) groups is 1. The number of hydrogen-bond acceptors (Lipinski definition) is 3. The maximum Gasteiger partial charge on any atom is 0.227 e. The van der Waals surface area contributed by atoms with E-state index >= 15 is 0 Å². The van der Waals surface area contributed by atoms with Crippen LogP contribution in [0.15, 0.2) is 29.3 Å². The van der Waals surface area contributed by atoms with Crippen molar-refractivity contribution < 1.29 is 9.53 Å². The topological polar surface area (TPSA) is 88.7 Å². The first-order valence-electron chi connectivity index (χ1n) is 8.63. The molecule has 6 nitrogen and oxygen atoms in total. The monoisotopic (exact) mass is 332 g/mol. The molecule has 1 aliphatic heterocycles. The highest BCUT2D eigenvalue weighted by Crippen LogP contribution is 2.14. The Morgan fingerprint density at radius 2 is 2.33 bits per heavy atom. The minimum Gasteiger partial charge on any atom is -0.376 e. The van der Waals surface area contributed by atoms with Crippen molar-refractivity contribution in [1.82, 2.24) is 5.32 Å². The summed E-state index contributed by atoms with van der Waals surface area (Å²) < 4.78 is 5.53. The third kappa shape index (κ3) is 5.85. The van der Waals surface area contributed by atoms with Gasteiger partial charge in [-0.2, -0.15) is 0 Å². The van der Waals surface area contributed by atoms with Crippen LogP contribution >= 0.6 is 0 Å². The van der Waals surface area contributed by atoms with Crippen LogP contribution in [-0.4, -0.2) is 31.1 Å². The number of nitrogens with two attached hydrogens (primary N) is 1. The molecule has 4 N–H and O–H groups in total. The van der Waals surface area contributed by atoms with E-state index in [1.54, 1.807) is 0 Å². The number of guanidine groups is 1. The Kier molecular flexibility index (Phi) is 7.06. The molecule has 0 aromatic heterocycles.